The lowest BCUT2D eigenvalue weighted by molar-refractivity contribution is -0.150. The lowest BCUT2D eigenvalue weighted by Gasteiger charge is -2.12. The molecule has 0 radical (unpaired) electrons. The van der Waals surface area contributed by atoms with Gasteiger partial charge in [-0.1, -0.05) is 18.2 Å². The van der Waals surface area contributed by atoms with Crippen LogP contribution in [0.2, 0.25) is 0 Å². The van der Waals surface area contributed by atoms with Crippen LogP contribution in [0.25, 0.3) is 6.08 Å². The van der Waals surface area contributed by atoms with Crippen molar-refractivity contribution in [3.63, 3.8) is 0 Å². The van der Waals surface area contributed by atoms with Gasteiger partial charge in [0.05, 0.1) is 0 Å². The van der Waals surface area contributed by atoms with Gasteiger partial charge in [0.2, 0.25) is 0 Å². The van der Waals surface area contributed by atoms with Crippen LogP contribution in [-0.2, 0) is 20.9 Å². The van der Waals surface area contributed by atoms with Gasteiger partial charge in [0.25, 0.3) is 5.91 Å². The highest BCUT2D eigenvalue weighted by Gasteiger charge is 2.16. The molecule has 1 atom stereocenters. The van der Waals surface area contributed by atoms with E-state index in [9.17, 15) is 14.0 Å². The number of ether oxygens (including phenoxy) is 1. The molecule has 1 heterocycles. The molecule has 1 amide bonds. The SMILES string of the molecule is C[C@H](OC(=O)/C=C/c1cccs1)C(=O)NCc1ccc(F)cc1. The summed E-state index contributed by atoms with van der Waals surface area (Å²) in [6.07, 6.45) is 2.02. The lowest BCUT2D eigenvalue weighted by Crippen LogP contribution is -2.35. The van der Waals surface area contributed by atoms with Crippen LogP contribution < -0.4 is 5.32 Å². The van der Waals surface area contributed by atoms with Crippen molar-refractivity contribution in [1.29, 1.82) is 0 Å². The number of amides is 1. The van der Waals surface area contributed by atoms with E-state index >= 15 is 0 Å². The Bertz CT molecular complexity index is 680. The summed E-state index contributed by atoms with van der Waals surface area (Å²) in [7, 11) is 0. The zero-order valence-electron chi connectivity index (χ0n) is 12.5. The summed E-state index contributed by atoms with van der Waals surface area (Å²) in [4.78, 5) is 24.4. The Hall–Kier alpha value is -2.47. The average molecular weight is 333 g/mol. The van der Waals surface area contributed by atoms with Gasteiger partial charge < -0.3 is 10.1 Å². The van der Waals surface area contributed by atoms with E-state index in [1.165, 1.54) is 36.5 Å². The van der Waals surface area contributed by atoms with Gasteiger partial charge in [0, 0.05) is 17.5 Å². The quantitative estimate of drug-likeness (QED) is 0.653. The van der Waals surface area contributed by atoms with Crippen molar-refractivity contribution in [3.05, 3.63) is 64.1 Å². The number of benzene rings is 1. The third-order valence-corrected chi connectivity index (χ3v) is 3.81. The van der Waals surface area contributed by atoms with Crippen molar-refractivity contribution in [1.82, 2.24) is 5.32 Å². The molecule has 0 aliphatic carbocycles. The molecule has 0 saturated carbocycles. The van der Waals surface area contributed by atoms with Gasteiger partial charge in [-0.2, -0.15) is 0 Å². The standard InChI is InChI=1S/C17H16FNO3S/c1-12(22-16(20)9-8-15-3-2-10-23-15)17(21)19-11-13-4-6-14(18)7-5-13/h2-10,12H,11H2,1H3,(H,19,21)/b9-8+/t12-/m0/s1. The molecule has 0 saturated heterocycles. The van der Waals surface area contributed by atoms with Crippen molar-refractivity contribution in [2.45, 2.75) is 19.6 Å². The van der Waals surface area contributed by atoms with E-state index in [0.29, 0.717) is 0 Å². The summed E-state index contributed by atoms with van der Waals surface area (Å²) in [5.74, 6) is -1.32. The van der Waals surface area contributed by atoms with Crippen LogP contribution >= 0.6 is 11.3 Å². The second-order valence-electron chi connectivity index (χ2n) is 4.77. The average Bonchev–Trinajstić information content (AvgIpc) is 3.05. The Labute approximate surface area is 137 Å². The fraction of sp³-hybridized carbons (Fsp3) is 0.176. The Kier molecular flexibility index (Phi) is 6.05. The van der Waals surface area contributed by atoms with Crippen molar-refractivity contribution in [3.8, 4) is 0 Å². The molecule has 0 bridgehead atoms. The molecule has 1 aromatic heterocycles. The predicted molar refractivity (Wildman–Crippen MR) is 87.2 cm³/mol. The topological polar surface area (TPSA) is 55.4 Å². The van der Waals surface area contributed by atoms with Crippen LogP contribution in [0.4, 0.5) is 4.39 Å². The van der Waals surface area contributed by atoms with Gasteiger partial charge in [0.1, 0.15) is 5.82 Å². The number of esters is 1. The monoisotopic (exact) mass is 333 g/mol. The molecule has 23 heavy (non-hydrogen) atoms. The molecular weight excluding hydrogens is 317 g/mol. The smallest absolute Gasteiger partial charge is 0.331 e. The van der Waals surface area contributed by atoms with Crippen LogP contribution in [-0.4, -0.2) is 18.0 Å². The van der Waals surface area contributed by atoms with Crippen LogP contribution in [0.15, 0.2) is 47.9 Å². The highest BCUT2D eigenvalue weighted by Crippen LogP contribution is 2.10. The van der Waals surface area contributed by atoms with E-state index in [1.54, 1.807) is 18.2 Å². The van der Waals surface area contributed by atoms with Gasteiger partial charge in [0.15, 0.2) is 6.10 Å². The maximum atomic E-state index is 12.8. The van der Waals surface area contributed by atoms with E-state index in [0.717, 1.165) is 10.4 Å². The van der Waals surface area contributed by atoms with Crippen molar-refractivity contribution >= 4 is 29.3 Å². The van der Waals surface area contributed by atoms with E-state index < -0.39 is 18.0 Å². The first-order valence-electron chi connectivity index (χ1n) is 6.99. The molecule has 120 valence electrons. The fourth-order valence-corrected chi connectivity index (χ4v) is 2.36. The Balaban J connectivity index is 1.77. The molecule has 0 aliphatic heterocycles. The number of hydrogen-bond acceptors (Lipinski definition) is 4. The molecule has 0 unspecified atom stereocenters. The summed E-state index contributed by atoms with van der Waals surface area (Å²) in [5, 5.41) is 4.53. The number of carbonyl (C=O) groups is 2. The minimum Gasteiger partial charge on any atom is -0.449 e. The summed E-state index contributed by atoms with van der Waals surface area (Å²) in [6, 6.07) is 9.54. The molecule has 6 heteroatoms. The Morgan fingerprint density at radius 1 is 1.30 bits per heavy atom. The largest absolute Gasteiger partial charge is 0.449 e. The van der Waals surface area contributed by atoms with E-state index in [1.807, 2.05) is 17.5 Å². The van der Waals surface area contributed by atoms with Crippen molar-refractivity contribution < 1.29 is 18.7 Å². The highest BCUT2D eigenvalue weighted by molar-refractivity contribution is 7.10. The number of hydrogen-bond donors (Lipinski definition) is 1. The third kappa shape index (κ3) is 5.67. The zero-order valence-corrected chi connectivity index (χ0v) is 13.3. The second-order valence-corrected chi connectivity index (χ2v) is 5.75. The molecule has 0 aliphatic rings. The molecular formula is C17H16FNO3S. The first-order chi connectivity index (χ1) is 11.0. The molecule has 1 aromatic carbocycles. The number of carbonyl (C=O) groups excluding carboxylic acids is 2. The van der Waals surface area contributed by atoms with Crippen LogP contribution in [0, 0.1) is 5.82 Å². The minimum absolute atomic E-state index is 0.242. The molecule has 2 rings (SSSR count). The minimum atomic E-state index is -0.907. The molecule has 1 N–H and O–H groups in total. The maximum absolute atomic E-state index is 12.8. The van der Waals surface area contributed by atoms with Crippen LogP contribution in [0.1, 0.15) is 17.4 Å². The molecule has 0 fully saturated rings. The van der Waals surface area contributed by atoms with Crippen LogP contribution in [0.3, 0.4) is 0 Å². The summed E-state index contributed by atoms with van der Waals surface area (Å²) in [5.41, 5.74) is 0.760. The zero-order chi connectivity index (χ0) is 16.7. The first-order valence-corrected chi connectivity index (χ1v) is 7.87. The summed E-state index contributed by atoms with van der Waals surface area (Å²) >= 11 is 1.50. The second kappa shape index (κ2) is 8.24. The van der Waals surface area contributed by atoms with Gasteiger partial charge in [-0.3, -0.25) is 4.79 Å². The van der Waals surface area contributed by atoms with Crippen molar-refractivity contribution in [2.75, 3.05) is 0 Å². The lowest BCUT2D eigenvalue weighted by atomic mass is 10.2. The normalized spacial score (nSPS) is 12.1. The summed E-state index contributed by atoms with van der Waals surface area (Å²) in [6.45, 7) is 1.74. The number of nitrogens with one attached hydrogen (secondary N) is 1. The van der Waals surface area contributed by atoms with Crippen molar-refractivity contribution in [2.24, 2.45) is 0 Å². The number of thiophene rings is 1. The van der Waals surface area contributed by atoms with Gasteiger partial charge in [-0.05, 0) is 42.1 Å². The van der Waals surface area contributed by atoms with E-state index in [4.69, 9.17) is 4.74 Å². The number of halogens is 1. The van der Waals surface area contributed by atoms with E-state index in [2.05, 4.69) is 5.32 Å². The van der Waals surface area contributed by atoms with Gasteiger partial charge in [-0.15, -0.1) is 11.3 Å². The molecule has 2 aromatic rings. The fourth-order valence-electron chi connectivity index (χ4n) is 1.74. The van der Waals surface area contributed by atoms with Gasteiger partial charge in [-0.25, -0.2) is 9.18 Å². The number of rotatable bonds is 6. The highest BCUT2D eigenvalue weighted by atomic mass is 32.1. The maximum Gasteiger partial charge on any atom is 0.331 e. The predicted octanol–water partition coefficient (Wildman–Crippen LogP) is 3.15. The Morgan fingerprint density at radius 3 is 2.70 bits per heavy atom. The third-order valence-electron chi connectivity index (χ3n) is 2.97. The van der Waals surface area contributed by atoms with Gasteiger partial charge >= 0.3 is 5.97 Å². The Morgan fingerprint density at radius 2 is 2.04 bits per heavy atom. The first kappa shape index (κ1) is 16.9. The van der Waals surface area contributed by atoms with Crippen LogP contribution in [0.5, 0.6) is 0 Å². The molecule has 4 nitrogen and oxygen atoms in total. The molecule has 0 spiro atoms. The summed E-state index contributed by atoms with van der Waals surface area (Å²) < 4.78 is 17.8. The van der Waals surface area contributed by atoms with E-state index in [-0.39, 0.29) is 12.4 Å².